The molecule has 1 heterocycles. The van der Waals surface area contributed by atoms with Gasteiger partial charge >= 0.3 is 0 Å². The van der Waals surface area contributed by atoms with Crippen LogP contribution in [0.1, 0.15) is 17.4 Å². The van der Waals surface area contributed by atoms with Crippen molar-refractivity contribution in [1.29, 1.82) is 0 Å². The van der Waals surface area contributed by atoms with Gasteiger partial charge in [0.15, 0.2) is 0 Å². The minimum Gasteiger partial charge on any atom is -0.389 e. The molecule has 1 atom stereocenters. The van der Waals surface area contributed by atoms with E-state index in [4.69, 9.17) is 0 Å². The Labute approximate surface area is 128 Å². The van der Waals surface area contributed by atoms with Crippen molar-refractivity contribution in [3.8, 4) is 0 Å². The minimum absolute atomic E-state index is 0.657. The molecular formula is C14H14Br2OS. The highest BCUT2D eigenvalue weighted by molar-refractivity contribution is 9.10. The third-order valence-electron chi connectivity index (χ3n) is 2.73. The van der Waals surface area contributed by atoms with Crippen molar-refractivity contribution in [3.05, 3.63) is 55.1 Å². The molecule has 1 N–H and O–H groups in total. The van der Waals surface area contributed by atoms with Crippen LogP contribution in [0.5, 0.6) is 0 Å². The Hall–Kier alpha value is -0.160. The maximum atomic E-state index is 10.5. The van der Waals surface area contributed by atoms with E-state index in [1.54, 1.807) is 11.3 Å². The lowest BCUT2D eigenvalue weighted by Gasteiger charge is -2.23. The molecule has 1 nitrogen and oxygen atoms in total. The lowest BCUT2D eigenvalue weighted by Crippen LogP contribution is -2.29. The van der Waals surface area contributed by atoms with Crippen LogP contribution in [0.25, 0.3) is 0 Å². The molecule has 1 aromatic heterocycles. The van der Waals surface area contributed by atoms with Crippen LogP contribution in [0.2, 0.25) is 0 Å². The van der Waals surface area contributed by atoms with Crippen LogP contribution >= 0.6 is 43.2 Å². The first kappa shape index (κ1) is 14.3. The van der Waals surface area contributed by atoms with E-state index in [9.17, 15) is 5.11 Å². The van der Waals surface area contributed by atoms with Gasteiger partial charge in [0.25, 0.3) is 0 Å². The predicted molar refractivity (Wildman–Crippen MR) is 84.2 cm³/mol. The Bertz CT molecular complexity index is 517. The Kier molecular flexibility index (Phi) is 4.64. The van der Waals surface area contributed by atoms with Gasteiger partial charge in [0, 0.05) is 26.7 Å². The molecule has 0 saturated heterocycles. The Balaban J connectivity index is 2.07. The zero-order valence-corrected chi connectivity index (χ0v) is 14.0. The molecule has 1 aromatic carbocycles. The second-order valence-corrected chi connectivity index (χ2v) is 7.44. The number of hydrogen-bond donors (Lipinski definition) is 1. The van der Waals surface area contributed by atoms with Gasteiger partial charge in [-0.1, -0.05) is 28.1 Å². The summed E-state index contributed by atoms with van der Waals surface area (Å²) in [6.45, 7) is 1.89. The fourth-order valence-corrected chi connectivity index (χ4v) is 3.84. The van der Waals surface area contributed by atoms with Crippen molar-refractivity contribution in [2.45, 2.75) is 25.4 Å². The van der Waals surface area contributed by atoms with Crippen LogP contribution in [-0.2, 0) is 12.8 Å². The van der Waals surface area contributed by atoms with Gasteiger partial charge in [0.05, 0.1) is 5.60 Å². The summed E-state index contributed by atoms with van der Waals surface area (Å²) in [7, 11) is 0. The zero-order valence-electron chi connectivity index (χ0n) is 9.99. The van der Waals surface area contributed by atoms with E-state index < -0.39 is 5.60 Å². The summed E-state index contributed by atoms with van der Waals surface area (Å²) in [4.78, 5) is 1.19. The Morgan fingerprint density at radius 2 is 1.78 bits per heavy atom. The third kappa shape index (κ3) is 3.92. The number of thiophene rings is 1. The quantitative estimate of drug-likeness (QED) is 0.795. The van der Waals surface area contributed by atoms with Gasteiger partial charge in [-0.3, -0.25) is 0 Å². The normalized spacial score (nSPS) is 14.4. The van der Waals surface area contributed by atoms with Crippen molar-refractivity contribution >= 4 is 43.2 Å². The van der Waals surface area contributed by atoms with Crippen LogP contribution in [-0.4, -0.2) is 10.7 Å². The first-order valence-corrected chi connectivity index (χ1v) is 8.11. The van der Waals surface area contributed by atoms with Gasteiger partial charge in [-0.25, -0.2) is 0 Å². The molecule has 0 radical (unpaired) electrons. The molecule has 0 amide bonds. The van der Waals surface area contributed by atoms with Gasteiger partial charge in [0.2, 0.25) is 0 Å². The molecule has 4 heteroatoms. The second-order valence-electron chi connectivity index (χ2n) is 4.67. The molecular weight excluding hydrogens is 376 g/mol. The van der Waals surface area contributed by atoms with Crippen molar-refractivity contribution in [3.63, 3.8) is 0 Å². The summed E-state index contributed by atoms with van der Waals surface area (Å²) < 4.78 is 2.15. The first-order valence-electron chi connectivity index (χ1n) is 5.65. The van der Waals surface area contributed by atoms with Crippen LogP contribution in [0, 0.1) is 0 Å². The average molecular weight is 390 g/mol. The van der Waals surface area contributed by atoms with E-state index in [1.807, 2.05) is 42.6 Å². The summed E-state index contributed by atoms with van der Waals surface area (Å²) in [5.41, 5.74) is 0.428. The molecule has 0 aliphatic rings. The standard InChI is InChI=1S/C14H14Br2OS/c1-14(17,9-13-12(16)6-7-18-13)8-10-2-4-11(15)5-3-10/h2-7,17H,8-9H2,1H3. The summed E-state index contributed by atoms with van der Waals surface area (Å²) in [6, 6.07) is 10.1. The smallest absolute Gasteiger partial charge is 0.0708 e. The van der Waals surface area contributed by atoms with E-state index in [1.165, 1.54) is 4.88 Å². The van der Waals surface area contributed by atoms with Crippen LogP contribution in [0.4, 0.5) is 0 Å². The summed E-state index contributed by atoms with van der Waals surface area (Å²) in [6.07, 6.45) is 1.33. The lowest BCUT2D eigenvalue weighted by molar-refractivity contribution is 0.0615. The highest BCUT2D eigenvalue weighted by Gasteiger charge is 2.23. The fraction of sp³-hybridized carbons (Fsp3) is 0.286. The topological polar surface area (TPSA) is 20.2 Å². The predicted octanol–water partition coefficient (Wildman–Crippen LogP) is 4.81. The van der Waals surface area contributed by atoms with Crippen molar-refractivity contribution < 1.29 is 5.11 Å². The largest absolute Gasteiger partial charge is 0.389 e. The van der Waals surface area contributed by atoms with E-state index in [0.29, 0.717) is 12.8 Å². The van der Waals surface area contributed by atoms with Crippen molar-refractivity contribution in [2.24, 2.45) is 0 Å². The van der Waals surface area contributed by atoms with Gasteiger partial charge in [-0.2, -0.15) is 0 Å². The molecule has 0 aliphatic heterocycles. The molecule has 0 aliphatic carbocycles. The zero-order chi connectivity index (χ0) is 13.2. The average Bonchev–Trinajstić information content (AvgIpc) is 2.67. The van der Waals surface area contributed by atoms with E-state index in [-0.39, 0.29) is 0 Å². The van der Waals surface area contributed by atoms with E-state index >= 15 is 0 Å². The molecule has 0 bridgehead atoms. The molecule has 0 spiro atoms. The summed E-state index contributed by atoms with van der Waals surface area (Å²) in [5.74, 6) is 0. The van der Waals surface area contributed by atoms with Crippen LogP contribution < -0.4 is 0 Å². The number of rotatable bonds is 4. The molecule has 18 heavy (non-hydrogen) atoms. The maximum Gasteiger partial charge on any atom is 0.0708 e. The molecule has 0 saturated carbocycles. The first-order chi connectivity index (χ1) is 8.46. The second kappa shape index (κ2) is 5.87. The third-order valence-corrected chi connectivity index (χ3v) is 5.19. The summed E-state index contributed by atoms with van der Waals surface area (Å²) in [5, 5.41) is 12.5. The molecule has 96 valence electrons. The molecule has 2 aromatic rings. The monoisotopic (exact) mass is 388 g/mol. The Morgan fingerprint density at radius 3 is 2.33 bits per heavy atom. The number of aliphatic hydroxyl groups is 1. The van der Waals surface area contributed by atoms with Gasteiger partial charge < -0.3 is 5.11 Å². The van der Waals surface area contributed by atoms with Crippen LogP contribution in [0.15, 0.2) is 44.7 Å². The van der Waals surface area contributed by atoms with E-state index in [0.717, 1.165) is 14.5 Å². The van der Waals surface area contributed by atoms with Gasteiger partial charge in [0.1, 0.15) is 0 Å². The number of hydrogen-bond acceptors (Lipinski definition) is 2. The van der Waals surface area contributed by atoms with Gasteiger partial charge in [-0.05, 0) is 52.0 Å². The lowest BCUT2D eigenvalue weighted by atomic mass is 9.93. The molecule has 0 fully saturated rings. The summed E-state index contributed by atoms with van der Waals surface area (Å²) >= 11 is 8.60. The van der Waals surface area contributed by atoms with Gasteiger partial charge in [-0.15, -0.1) is 11.3 Å². The number of halogens is 2. The molecule has 1 unspecified atom stereocenters. The highest BCUT2D eigenvalue weighted by Crippen LogP contribution is 2.28. The van der Waals surface area contributed by atoms with Crippen molar-refractivity contribution in [1.82, 2.24) is 0 Å². The Morgan fingerprint density at radius 1 is 1.11 bits per heavy atom. The van der Waals surface area contributed by atoms with Crippen molar-refractivity contribution in [2.75, 3.05) is 0 Å². The SMILES string of the molecule is CC(O)(Cc1ccc(Br)cc1)Cc1sccc1Br. The molecule has 2 rings (SSSR count). The van der Waals surface area contributed by atoms with Crippen LogP contribution in [0.3, 0.4) is 0 Å². The minimum atomic E-state index is -0.721. The van der Waals surface area contributed by atoms with E-state index in [2.05, 4.69) is 31.9 Å². The fourth-order valence-electron chi connectivity index (χ4n) is 1.90. The maximum absolute atomic E-state index is 10.5. The number of benzene rings is 1. The highest BCUT2D eigenvalue weighted by atomic mass is 79.9.